The standard InChI is InChI=1S/C7H15NO.C6H12O.C5H11NO.C5H10O/c1-6(2)7(9)5-8(3)4;1-4-6(7)5(2)3;1-4(6)3-5(2)7;1-4(2)5(3)6/h6H,5H2,1-4H3;5H,4H2,1-3H3;4H,3,6H2,1-2H3;4H,1-3H3. The number of Topliss-reactive ketones (excluding diaryl/α,β-unsaturated/α-hetero) is 4. The van der Waals surface area contributed by atoms with E-state index in [0.29, 0.717) is 31.0 Å². The Kier molecular flexibility index (Phi) is 25.8. The van der Waals surface area contributed by atoms with Gasteiger partial charge >= 0.3 is 0 Å². The minimum atomic E-state index is 0.0255. The molecule has 0 amide bonds. The lowest BCUT2D eigenvalue weighted by Gasteiger charge is -2.09. The van der Waals surface area contributed by atoms with Crippen molar-refractivity contribution in [2.75, 3.05) is 20.6 Å². The van der Waals surface area contributed by atoms with Gasteiger partial charge in [0.25, 0.3) is 0 Å². The molecule has 0 aliphatic heterocycles. The Morgan fingerprint density at radius 1 is 0.759 bits per heavy atom. The lowest BCUT2D eigenvalue weighted by molar-refractivity contribution is -0.122. The summed E-state index contributed by atoms with van der Waals surface area (Å²) >= 11 is 0. The summed E-state index contributed by atoms with van der Waals surface area (Å²) in [7, 11) is 3.81. The van der Waals surface area contributed by atoms with Gasteiger partial charge in [-0.3, -0.25) is 19.2 Å². The summed E-state index contributed by atoms with van der Waals surface area (Å²) < 4.78 is 0. The SMILES string of the molecule is CC(=O)C(C)C.CC(=O)CC(C)N.CC(C)C(=O)CN(C)C.CCC(=O)C(C)C. The zero-order valence-electron chi connectivity index (χ0n) is 21.1. The predicted molar refractivity (Wildman–Crippen MR) is 123 cm³/mol. The van der Waals surface area contributed by atoms with Crippen LogP contribution in [-0.4, -0.2) is 54.7 Å². The molecule has 1 atom stereocenters. The molecule has 0 aromatic rings. The topological polar surface area (TPSA) is 97.5 Å². The van der Waals surface area contributed by atoms with Crippen LogP contribution in [0.2, 0.25) is 0 Å². The second-order valence-corrected chi connectivity index (χ2v) is 8.48. The van der Waals surface area contributed by atoms with Crippen molar-refractivity contribution >= 4 is 23.1 Å². The molecule has 0 aliphatic carbocycles. The van der Waals surface area contributed by atoms with Crippen molar-refractivity contribution in [2.24, 2.45) is 23.5 Å². The Labute approximate surface area is 180 Å². The molecule has 0 rings (SSSR count). The maximum Gasteiger partial charge on any atom is 0.149 e. The van der Waals surface area contributed by atoms with Crippen LogP contribution in [-0.2, 0) is 19.2 Å². The van der Waals surface area contributed by atoms with Gasteiger partial charge in [-0.25, -0.2) is 0 Å². The first-order valence-electron chi connectivity index (χ1n) is 10.4. The molecule has 0 saturated carbocycles. The molecule has 0 heterocycles. The molecule has 6 heteroatoms. The number of likely N-dealkylation sites (N-methyl/N-ethyl adjacent to an activating group) is 1. The van der Waals surface area contributed by atoms with Crippen LogP contribution in [0.3, 0.4) is 0 Å². The second kappa shape index (κ2) is 21.3. The Morgan fingerprint density at radius 2 is 1.10 bits per heavy atom. The molecule has 0 bridgehead atoms. The van der Waals surface area contributed by atoms with Crippen molar-refractivity contribution in [1.82, 2.24) is 4.90 Å². The highest BCUT2D eigenvalue weighted by Crippen LogP contribution is 1.96. The van der Waals surface area contributed by atoms with Gasteiger partial charge in [-0.15, -0.1) is 0 Å². The molecule has 0 aromatic heterocycles. The number of carbonyl (C=O) groups is 4. The van der Waals surface area contributed by atoms with Crippen LogP contribution in [0.15, 0.2) is 0 Å². The summed E-state index contributed by atoms with van der Waals surface area (Å²) in [5.74, 6) is 1.69. The van der Waals surface area contributed by atoms with Crippen molar-refractivity contribution in [3.63, 3.8) is 0 Å². The van der Waals surface area contributed by atoms with Crippen molar-refractivity contribution in [3.8, 4) is 0 Å². The van der Waals surface area contributed by atoms with Gasteiger partial charge in [0, 0.05) is 36.6 Å². The first kappa shape index (κ1) is 35.1. The molecule has 0 spiro atoms. The molecule has 6 nitrogen and oxygen atoms in total. The fourth-order valence-corrected chi connectivity index (χ4v) is 1.36. The normalized spacial score (nSPS) is 10.9. The maximum atomic E-state index is 10.9. The molecule has 0 saturated heterocycles. The zero-order valence-corrected chi connectivity index (χ0v) is 21.1. The smallest absolute Gasteiger partial charge is 0.149 e. The zero-order chi connectivity index (χ0) is 24.3. The second-order valence-electron chi connectivity index (χ2n) is 8.48. The summed E-state index contributed by atoms with van der Waals surface area (Å²) in [5, 5.41) is 0. The van der Waals surface area contributed by atoms with Crippen molar-refractivity contribution < 1.29 is 19.2 Å². The van der Waals surface area contributed by atoms with Gasteiger partial charge in [-0.1, -0.05) is 48.5 Å². The first-order valence-corrected chi connectivity index (χ1v) is 10.4. The predicted octanol–water partition coefficient (Wildman–Crippen LogP) is 3.94. The number of nitrogens with two attached hydrogens (primary N) is 1. The lowest BCUT2D eigenvalue weighted by Crippen LogP contribution is -2.24. The maximum absolute atomic E-state index is 10.9. The van der Waals surface area contributed by atoms with Gasteiger partial charge in [0.15, 0.2) is 0 Å². The van der Waals surface area contributed by atoms with Crippen LogP contribution >= 0.6 is 0 Å². The van der Waals surface area contributed by atoms with Crippen molar-refractivity contribution in [2.45, 2.75) is 88.1 Å². The number of nitrogens with zero attached hydrogens (tertiary/aromatic N) is 1. The van der Waals surface area contributed by atoms with Crippen molar-refractivity contribution in [3.05, 3.63) is 0 Å². The first-order chi connectivity index (χ1) is 13.0. The van der Waals surface area contributed by atoms with Gasteiger partial charge in [0.05, 0.1) is 6.54 Å². The van der Waals surface area contributed by atoms with Crippen molar-refractivity contribution in [1.29, 1.82) is 0 Å². The highest BCUT2D eigenvalue weighted by atomic mass is 16.1. The van der Waals surface area contributed by atoms with Gasteiger partial charge in [-0.05, 0) is 34.9 Å². The fraction of sp³-hybridized carbons (Fsp3) is 0.826. The Morgan fingerprint density at radius 3 is 1.14 bits per heavy atom. The molecule has 0 radical (unpaired) electrons. The van der Waals surface area contributed by atoms with E-state index in [2.05, 4.69) is 0 Å². The largest absolute Gasteiger partial charge is 0.328 e. The van der Waals surface area contributed by atoms with E-state index in [1.54, 1.807) is 13.8 Å². The third kappa shape index (κ3) is 37.9. The van der Waals surface area contributed by atoms with Gasteiger partial charge < -0.3 is 10.6 Å². The third-order valence-electron chi connectivity index (χ3n) is 3.53. The van der Waals surface area contributed by atoms with Gasteiger partial charge in [0.2, 0.25) is 0 Å². The number of hydrogen-bond donors (Lipinski definition) is 1. The average Bonchev–Trinajstić information content (AvgIpc) is 2.53. The van der Waals surface area contributed by atoms with E-state index in [-0.39, 0.29) is 35.4 Å². The molecule has 2 N–H and O–H groups in total. The summed E-state index contributed by atoms with van der Waals surface area (Å²) in [5.41, 5.74) is 5.27. The van der Waals surface area contributed by atoms with E-state index >= 15 is 0 Å². The monoisotopic (exact) mass is 416 g/mol. The minimum absolute atomic E-state index is 0.0255. The van der Waals surface area contributed by atoms with Crippen LogP contribution in [0.1, 0.15) is 82.1 Å². The van der Waals surface area contributed by atoms with E-state index < -0.39 is 0 Å². The van der Waals surface area contributed by atoms with Crippen LogP contribution in [0, 0.1) is 17.8 Å². The minimum Gasteiger partial charge on any atom is -0.328 e. The van der Waals surface area contributed by atoms with Gasteiger partial charge in [-0.2, -0.15) is 0 Å². The summed E-state index contributed by atoms with van der Waals surface area (Å²) in [6.07, 6.45) is 1.18. The Balaban J connectivity index is -0.000000145. The number of carbonyl (C=O) groups excluding carboxylic acids is 4. The Hall–Kier alpha value is -1.40. The molecule has 174 valence electrons. The molecule has 0 aliphatic rings. The quantitative estimate of drug-likeness (QED) is 0.643. The number of rotatable bonds is 8. The molecular weight excluding hydrogens is 368 g/mol. The van der Waals surface area contributed by atoms with E-state index in [4.69, 9.17) is 5.73 Å². The van der Waals surface area contributed by atoms with E-state index in [0.717, 1.165) is 0 Å². The van der Waals surface area contributed by atoms with E-state index in [1.807, 2.05) is 74.4 Å². The van der Waals surface area contributed by atoms with Gasteiger partial charge in [0.1, 0.15) is 23.1 Å². The van der Waals surface area contributed by atoms with Crippen LogP contribution in [0.5, 0.6) is 0 Å². The summed E-state index contributed by atoms with van der Waals surface area (Å²) in [6, 6.07) is 0.0255. The van der Waals surface area contributed by atoms with E-state index in [1.165, 1.54) is 0 Å². The average molecular weight is 417 g/mol. The molecular formula is C23H48N2O4. The lowest BCUT2D eigenvalue weighted by atomic mass is 10.1. The fourth-order valence-electron chi connectivity index (χ4n) is 1.36. The molecule has 0 fully saturated rings. The van der Waals surface area contributed by atoms with Crippen LogP contribution in [0.4, 0.5) is 0 Å². The molecule has 29 heavy (non-hydrogen) atoms. The van der Waals surface area contributed by atoms with Crippen LogP contribution < -0.4 is 5.73 Å². The highest BCUT2D eigenvalue weighted by molar-refractivity contribution is 5.82. The van der Waals surface area contributed by atoms with Crippen LogP contribution in [0.25, 0.3) is 0 Å². The molecule has 0 aromatic carbocycles. The summed E-state index contributed by atoms with van der Waals surface area (Å²) in [4.78, 5) is 43.6. The Bertz CT molecular complexity index is 454. The number of ketones is 4. The molecule has 1 unspecified atom stereocenters. The van der Waals surface area contributed by atoms with E-state index in [9.17, 15) is 19.2 Å². The summed E-state index contributed by atoms with van der Waals surface area (Å²) in [6.45, 7) is 18.9. The third-order valence-corrected chi connectivity index (χ3v) is 3.53. The highest BCUT2D eigenvalue weighted by Gasteiger charge is 2.06. The number of hydrogen-bond acceptors (Lipinski definition) is 6.